The van der Waals surface area contributed by atoms with Crippen molar-refractivity contribution in [3.05, 3.63) is 53.8 Å². The predicted molar refractivity (Wildman–Crippen MR) is 89.2 cm³/mol. The quantitative estimate of drug-likeness (QED) is 0.792. The summed E-state index contributed by atoms with van der Waals surface area (Å²) in [6.45, 7) is 4.32. The molecule has 0 saturated heterocycles. The van der Waals surface area contributed by atoms with Gasteiger partial charge in [-0.25, -0.2) is 17.5 Å². The highest BCUT2D eigenvalue weighted by molar-refractivity contribution is 7.89. The number of hydrogen-bond acceptors (Lipinski definition) is 4. The number of benzene rings is 2. The topological polar surface area (TPSA) is 64.6 Å². The number of ether oxygens (including phenoxy) is 2. The van der Waals surface area contributed by atoms with Crippen molar-refractivity contribution in [3.8, 4) is 11.5 Å². The highest BCUT2D eigenvalue weighted by Gasteiger charge is 2.17. The lowest BCUT2D eigenvalue weighted by molar-refractivity contribution is 0.287. The minimum Gasteiger partial charge on any atom is -0.490 e. The fourth-order valence-electron chi connectivity index (χ4n) is 2.10. The number of rotatable bonds is 8. The molecule has 0 bridgehead atoms. The summed E-state index contributed by atoms with van der Waals surface area (Å²) in [4.78, 5) is 0.0331. The van der Waals surface area contributed by atoms with Crippen molar-refractivity contribution in [1.29, 1.82) is 0 Å². The molecule has 0 heterocycles. The van der Waals surface area contributed by atoms with E-state index in [-0.39, 0.29) is 17.0 Å². The van der Waals surface area contributed by atoms with Crippen LogP contribution in [0.2, 0.25) is 0 Å². The first-order valence-corrected chi connectivity index (χ1v) is 9.09. The maximum atomic E-state index is 13.6. The summed E-state index contributed by atoms with van der Waals surface area (Å²) in [5, 5.41) is 0. The molecular weight excluding hydrogens is 333 g/mol. The van der Waals surface area contributed by atoms with Crippen LogP contribution >= 0.6 is 0 Å². The lowest BCUT2D eigenvalue weighted by Crippen LogP contribution is -2.23. The molecule has 0 unspecified atom stereocenters. The van der Waals surface area contributed by atoms with Gasteiger partial charge in [-0.2, -0.15) is 0 Å². The number of nitrogens with one attached hydrogen (secondary N) is 1. The molecule has 24 heavy (non-hydrogen) atoms. The third-order valence-electron chi connectivity index (χ3n) is 3.24. The second-order valence-corrected chi connectivity index (χ2v) is 6.66. The van der Waals surface area contributed by atoms with Crippen molar-refractivity contribution in [1.82, 2.24) is 4.72 Å². The molecule has 0 amide bonds. The summed E-state index contributed by atoms with van der Waals surface area (Å²) < 4.78 is 51.7. The summed E-state index contributed by atoms with van der Waals surface area (Å²) in [5.41, 5.74) is 0.275. The molecule has 0 radical (unpaired) electrons. The molecule has 2 aromatic rings. The standard InChI is InChI=1S/C17H20FNO4S/c1-3-22-16-10-9-14(11-17(16)23-4-2)24(20,21)19-12-13-7-5-6-8-15(13)18/h5-11,19H,3-4,12H2,1-2H3. The van der Waals surface area contributed by atoms with Crippen molar-refractivity contribution in [2.45, 2.75) is 25.3 Å². The van der Waals surface area contributed by atoms with Crippen LogP contribution in [0.5, 0.6) is 11.5 Å². The molecule has 5 nitrogen and oxygen atoms in total. The van der Waals surface area contributed by atoms with Gasteiger partial charge in [0.2, 0.25) is 10.0 Å². The minimum atomic E-state index is -3.80. The molecule has 0 atom stereocenters. The largest absolute Gasteiger partial charge is 0.490 e. The Morgan fingerprint density at radius 2 is 1.67 bits per heavy atom. The second-order valence-electron chi connectivity index (χ2n) is 4.89. The Kier molecular flexibility index (Phi) is 6.16. The second kappa shape index (κ2) is 8.12. The average molecular weight is 353 g/mol. The summed E-state index contributed by atoms with van der Waals surface area (Å²) in [6.07, 6.45) is 0. The van der Waals surface area contributed by atoms with Gasteiger partial charge in [-0.05, 0) is 32.0 Å². The maximum absolute atomic E-state index is 13.6. The highest BCUT2D eigenvalue weighted by atomic mass is 32.2. The normalized spacial score (nSPS) is 11.3. The van der Waals surface area contributed by atoms with Crippen LogP contribution in [0.1, 0.15) is 19.4 Å². The molecule has 0 spiro atoms. The molecule has 0 aromatic heterocycles. The molecule has 0 aliphatic rings. The van der Waals surface area contributed by atoms with E-state index in [1.54, 1.807) is 25.1 Å². The zero-order valence-corrected chi connectivity index (χ0v) is 14.4. The molecule has 1 N–H and O–H groups in total. The van der Waals surface area contributed by atoms with E-state index in [0.717, 1.165) is 0 Å². The molecule has 7 heteroatoms. The van der Waals surface area contributed by atoms with Crippen LogP contribution in [0.3, 0.4) is 0 Å². The zero-order valence-electron chi connectivity index (χ0n) is 13.6. The molecule has 0 aliphatic heterocycles. The van der Waals surface area contributed by atoms with Crippen LogP contribution < -0.4 is 14.2 Å². The molecule has 2 aromatic carbocycles. The molecular formula is C17H20FNO4S. The predicted octanol–water partition coefficient (Wildman–Crippen LogP) is 3.10. The molecule has 0 saturated carbocycles. The summed E-state index contributed by atoms with van der Waals surface area (Å²) in [7, 11) is -3.80. The summed E-state index contributed by atoms with van der Waals surface area (Å²) in [6, 6.07) is 10.4. The van der Waals surface area contributed by atoms with E-state index in [1.807, 2.05) is 6.92 Å². The van der Waals surface area contributed by atoms with Crippen molar-refractivity contribution in [2.24, 2.45) is 0 Å². The van der Waals surface area contributed by atoms with E-state index in [0.29, 0.717) is 24.7 Å². The van der Waals surface area contributed by atoms with Gasteiger partial charge < -0.3 is 9.47 Å². The highest BCUT2D eigenvalue weighted by Crippen LogP contribution is 2.30. The SMILES string of the molecule is CCOc1ccc(S(=O)(=O)NCc2ccccc2F)cc1OCC. The van der Waals surface area contributed by atoms with Gasteiger partial charge in [0.15, 0.2) is 11.5 Å². The van der Waals surface area contributed by atoms with Crippen molar-refractivity contribution in [3.63, 3.8) is 0 Å². The fraction of sp³-hybridized carbons (Fsp3) is 0.294. The Morgan fingerprint density at radius 3 is 2.33 bits per heavy atom. The number of sulfonamides is 1. The summed E-state index contributed by atoms with van der Waals surface area (Å²) in [5.74, 6) is 0.377. The van der Waals surface area contributed by atoms with Gasteiger partial charge in [-0.1, -0.05) is 18.2 Å². The van der Waals surface area contributed by atoms with Crippen molar-refractivity contribution < 1.29 is 22.3 Å². The monoisotopic (exact) mass is 353 g/mol. The summed E-state index contributed by atoms with van der Waals surface area (Å²) >= 11 is 0. The van der Waals surface area contributed by atoms with Crippen LogP contribution in [-0.4, -0.2) is 21.6 Å². The van der Waals surface area contributed by atoms with Gasteiger partial charge in [-0.15, -0.1) is 0 Å². The molecule has 130 valence electrons. The first-order chi connectivity index (χ1) is 11.5. The van der Waals surface area contributed by atoms with Gasteiger partial charge >= 0.3 is 0 Å². The van der Waals surface area contributed by atoms with Crippen LogP contribution in [0.25, 0.3) is 0 Å². The third kappa shape index (κ3) is 4.46. The number of hydrogen-bond donors (Lipinski definition) is 1. The van der Waals surface area contributed by atoms with E-state index < -0.39 is 15.8 Å². The van der Waals surface area contributed by atoms with E-state index in [4.69, 9.17) is 9.47 Å². The molecule has 0 fully saturated rings. The molecule has 2 rings (SSSR count). The van der Waals surface area contributed by atoms with Crippen LogP contribution in [0.4, 0.5) is 4.39 Å². The Labute approximate surface area is 141 Å². The van der Waals surface area contributed by atoms with E-state index >= 15 is 0 Å². The van der Waals surface area contributed by atoms with Crippen LogP contribution in [0.15, 0.2) is 47.4 Å². The lowest BCUT2D eigenvalue weighted by Gasteiger charge is -2.13. The zero-order chi connectivity index (χ0) is 17.6. The van der Waals surface area contributed by atoms with E-state index in [9.17, 15) is 12.8 Å². The Hall–Kier alpha value is -2.12. The molecule has 0 aliphatic carbocycles. The Morgan fingerprint density at radius 1 is 1.00 bits per heavy atom. The van der Waals surface area contributed by atoms with Crippen molar-refractivity contribution >= 4 is 10.0 Å². The third-order valence-corrected chi connectivity index (χ3v) is 4.63. The maximum Gasteiger partial charge on any atom is 0.241 e. The van der Waals surface area contributed by atoms with E-state index in [1.165, 1.54) is 24.3 Å². The first-order valence-electron chi connectivity index (χ1n) is 7.60. The van der Waals surface area contributed by atoms with Crippen LogP contribution in [0, 0.1) is 5.82 Å². The van der Waals surface area contributed by atoms with Crippen LogP contribution in [-0.2, 0) is 16.6 Å². The van der Waals surface area contributed by atoms with Crippen molar-refractivity contribution in [2.75, 3.05) is 13.2 Å². The van der Waals surface area contributed by atoms with Gasteiger partial charge in [0, 0.05) is 18.2 Å². The smallest absolute Gasteiger partial charge is 0.241 e. The van der Waals surface area contributed by atoms with Gasteiger partial charge in [0.1, 0.15) is 5.82 Å². The fourth-order valence-corrected chi connectivity index (χ4v) is 3.12. The average Bonchev–Trinajstić information content (AvgIpc) is 2.56. The lowest BCUT2D eigenvalue weighted by atomic mass is 10.2. The van der Waals surface area contributed by atoms with Gasteiger partial charge in [0.05, 0.1) is 18.1 Å². The number of halogens is 1. The Bertz CT molecular complexity index is 793. The minimum absolute atomic E-state index is 0.0331. The Balaban J connectivity index is 2.22. The first kappa shape index (κ1) is 18.2. The van der Waals surface area contributed by atoms with Gasteiger partial charge in [0.25, 0.3) is 0 Å². The van der Waals surface area contributed by atoms with Gasteiger partial charge in [-0.3, -0.25) is 0 Å². The van der Waals surface area contributed by atoms with E-state index in [2.05, 4.69) is 4.72 Å².